The number of benzene rings is 1. The van der Waals surface area contributed by atoms with Gasteiger partial charge in [-0.3, -0.25) is 14.3 Å². The monoisotopic (exact) mass is 506 g/mol. The van der Waals surface area contributed by atoms with Crippen molar-refractivity contribution < 1.29 is 19.7 Å². The predicted octanol–water partition coefficient (Wildman–Crippen LogP) is 0.570. The number of hydrogen-bond donors (Lipinski definition) is 4. The Kier molecular flexibility index (Phi) is 8.42. The second kappa shape index (κ2) is 11.9. The summed E-state index contributed by atoms with van der Waals surface area (Å²) >= 11 is 0. The molecule has 37 heavy (non-hydrogen) atoms. The number of anilines is 1. The zero-order valence-corrected chi connectivity index (χ0v) is 20.2. The van der Waals surface area contributed by atoms with Gasteiger partial charge in [0.15, 0.2) is 17.7 Å². The highest BCUT2D eigenvalue weighted by molar-refractivity contribution is 5.81. The molecule has 1 aliphatic rings. The molecule has 1 aliphatic heterocycles. The third-order valence-corrected chi connectivity index (χ3v) is 6.30. The Balaban J connectivity index is 1.45. The molecular weight excluding hydrogens is 476 g/mol. The van der Waals surface area contributed by atoms with Crippen LogP contribution in [0.15, 0.2) is 43.0 Å². The lowest BCUT2D eigenvalue weighted by atomic mass is 10.1. The summed E-state index contributed by atoms with van der Waals surface area (Å²) in [5.74, 6) is -0.130. The van der Waals surface area contributed by atoms with E-state index < -0.39 is 24.5 Å². The summed E-state index contributed by atoms with van der Waals surface area (Å²) in [5, 5.41) is 30.5. The van der Waals surface area contributed by atoms with Crippen molar-refractivity contribution in [1.82, 2.24) is 24.4 Å². The summed E-state index contributed by atoms with van der Waals surface area (Å²) < 4.78 is 7.64. The number of unbranched alkanes of at least 4 members (excludes halogenated alkanes) is 1. The molecule has 2 aromatic heterocycles. The second-order valence-electron chi connectivity index (χ2n) is 8.95. The van der Waals surface area contributed by atoms with E-state index in [0.717, 1.165) is 12.0 Å². The van der Waals surface area contributed by atoms with Crippen LogP contribution in [-0.2, 0) is 9.53 Å². The maximum atomic E-state index is 11.1. The number of ether oxygens (including phenoxy) is 1. The molecule has 1 amide bonds. The molecule has 1 saturated heterocycles. The Hall–Kier alpha value is -3.89. The summed E-state index contributed by atoms with van der Waals surface area (Å²) in [5.41, 5.74) is 13.5. The van der Waals surface area contributed by atoms with E-state index in [4.69, 9.17) is 21.5 Å². The second-order valence-corrected chi connectivity index (χ2v) is 8.95. The number of nitrogens with zero attached hydrogens (tertiary/aromatic N) is 6. The van der Waals surface area contributed by atoms with Crippen LogP contribution in [0, 0.1) is 11.3 Å². The third-order valence-electron chi connectivity index (χ3n) is 6.30. The van der Waals surface area contributed by atoms with Crippen molar-refractivity contribution in [3.8, 4) is 6.07 Å². The Bertz CT molecular complexity index is 1290. The minimum absolute atomic E-state index is 0.213. The molecule has 0 unspecified atom stereocenters. The molecule has 1 fully saturated rings. The van der Waals surface area contributed by atoms with Gasteiger partial charge in [0.2, 0.25) is 5.91 Å². The van der Waals surface area contributed by atoms with Crippen molar-refractivity contribution in [2.24, 2.45) is 5.73 Å². The van der Waals surface area contributed by atoms with E-state index in [1.807, 2.05) is 24.3 Å². The highest BCUT2D eigenvalue weighted by Crippen LogP contribution is 2.32. The van der Waals surface area contributed by atoms with Gasteiger partial charge in [-0.15, -0.1) is 0 Å². The van der Waals surface area contributed by atoms with Gasteiger partial charge < -0.3 is 26.4 Å². The zero-order valence-electron chi connectivity index (χ0n) is 20.2. The Morgan fingerprint density at radius 3 is 2.70 bits per heavy atom. The van der Waals surface area contributed by atoms with Gasteiger partial charge in [-0.25, -0.2) is 15.0 Å². The molecule has 3 aromatic rings. The lowest BCUT2D eigenvalue weighted by molar-refractivity contribution is -0.118. The minimum atomic E-state index is -1.20. The van der Waals surface area contributed by atoms with Crippen molar-refractivity contribution in [2.45, 2.75) is 43.8 Å². The number of aromatic nitrogens is 4. The number of carbonyl (C=O) groups is 1. The lowest BCUT2D eigenvalue weighted by Crippen LogP contribution is -2.40. The van der Waals surface area contributed by atoms with Crippen molar-refractivity contribution in [1.29, 1.82) is 5.26 Å². The minimum Gasteiger partial charge on any atom is -0.387 e. The van der Waals surface area contributed by atoms with Crippen LogP contribution in [-0.4, -0.2) is 78.5 Å². The smallest absolute Gasteiger partial charge is 0.217 e. The predicted molar refractivity (Wildman–Crippen MR) is 135 cm³/mol. The van der Waals surface area contributed by atoms with Crippen molar-refractivity contribution >= 4 is 29.0 Å². The maximum absolute atomic E-state index is 11.1. The summed E-state index contributed by atoms with van der Waals surface area (Å²) in [6.45, 7) is 1.52. The normalized spacial score (nSPS) is 21.7. The molecule has 3 heterocycles. The number of primary amides is 1. The van der Waals surface area contributed by atoms with E-state index in [9.17, 15) is 15.0 Å². The first-order valence-electron chi connectivity index (χ1n) is 12.0. The van der Waals surface area contributed by atoms with Gasteiger partial charge in [-0.1, -0.05) is 24.3 Å². The molecule has 6 N–H and O–H groups in total. The van der Waals surface area contributed by atoms with E-state index in [1.54, 1.807) is 16.7 Å². The first kappa shape index (κ1) is 26.2. The zero-order chi connectivity index (χ0) is 26.4. The lowest BCUT2D eigenvalue weighted by Gasteiger charge is -2.25. The van der Waals surface area contributed by atoms with Crippen LogP contribution in [0.5, 0.6) is 0 Å². The van der Waals surface area contributed by atoms with Crippen LogP contribution in [0.3, 0.4) is 0 Å². The van der Waals surface area contributed by atoms with Crippen molar-refractivity contribution in [2.75, 3.05) is 25.4 Å². The van der Waals surface area contributed by atoms with Crippen LogP contribution in [0.1, 0.15) is 36.6 Å². The SMILES string of the molecule is N#Cc1ccc(/C=C/CN(CCCCC(N)=O)C[C@H]2O[C@@H](n3cnc4c(N)ncnc43)[C@H](O)[C@@H]2O)cc1. The average molecular weight is 507 g/mol. The number of aliphatic hydroxyl groups is 2. The molecular formula is C25H30N8O4. The standard InChI is InChI=1S/C25H30N8O4/c26-12-17-8-6-16(7-9-17)4-3-11-32(10-2-1-5-19(27)34)13-18-21(35)22(36)25(37-18)33-15-31-20-23(28)29-14-30-24(20)33/h3-4,6-9,14-15,18,21-22,25,35-36H,1-2,5,10-11,13H2,(H2,27,34)(H2,28,29,30)/b4-3+/t18-,21-,22-,25-/m1/s1. The topological polar surface area (TPSA) is 189 Å². The van der Waals surface area contributed by atoms with Gasteiger partial charge in [0, 0.05) is 19.5 Å². The largest absolute Gasteiger partial charge is 0.387 e. The van der Waals surface area contributed by atoms with Gasteiger partial charge in [-0.05, 0) is 37.1 Å². The van der Waals surface area contributed by atoms with E-state index in [2.05, 4.69) is 25.9 Å². The van der Waals surface area contributed by atoms with Crippen LogP contribution < -0.4 is 11.5 Å². The molecule has 4 rings (SSSR count). The Morgan fingerprint density at radius 2 is 1.97 bits per heavy atom. The molecule has 0 radical (unpaired) electrons. The quantitative estimate of drug-likeness (QED) is 0.267. The number of nitriles is 1. The first-order valence-corrected chi connectivity index (χ1v) is 12.0. The van der Waals surface area contributed by atoms with Gasteiger partial charge in [-0.2, -0.15) is 5.26 Å². The fraction of sp³-hybridized carbons (Fsp3) is 0.400. The van der Waals surface area contributed by atoms with E-state index >= 15 is 0 Å². The Morgan fingerprint density at radius 1 is 1.19 bits per heavy atom. The molecule has 0 aliphatic carbocycles. The summed E-state index contributed by atoms with van der Waals surface area (Å²) in [6.07, 6.45) is 4.44. The molecule has 0 bridgehead atoms. The third kappa shape index (κ3) is 6.28. The van der Waals surface area contributed by atoms with Crippen molar-refractivity contribution in [3.63, 3.8) is 0 Å². The molecule has 12 heteroatoms. The molecule has 0 spiro atoms. The summed E-state index contributed by atoms with van der Waals surface area (Å²) in [7, 11) is 0. The van der Waals surface area contributed by atoms with E-state index in [0.29, 0.717) is 49.2 Å². The first-order chi connectivity index (χ1) is 17.9. The number of nitrogen functional groups attached to an aromatic ring is 1. The molecule has 12 nitrogen and oxygen atoms in total. The molecule has 0 saturated carbocycles. The van der Waals surface area contributed by atoms with E-state index in [1.165, 1.54) is 12.7 Å². The fourth-order valence-corrected chi connectivity index (χ4v) is 4.32. The van der Waals surface area contributed by atoms with Crippen LogP contribution >= 0.6 is 0 Å². The highest BCUT2D eigenvalue weighted by Gasteiger charge is 2.44. The number of fused-ring (bicyclic) bond motifs is 1. The average Bonchev–Trinajstić information content (AvgIpc) is 3.44. The number of aliphatic hydroxyl groups excluding tert-OH is 2. The maximum Gasteiger partial charge on any atom is 0.217 e. The fourth-order valence-electron chi connectivity index (χ4n) is 4.32. The Labute approximate surface area is 213 Å². The van der Waals surface area contributed by atoms with Gasteiger partial charge in [0.05, 0.1) is 18.0 Å². The van der Waals surface area contributed by atoms with E-state index in [-0.39, 0.29) is 11.7 Å². The summed E-state index contributed by atoms with van der Waals surface area (Å²) in [4.78, 5) is 25.5. The number of hydrogen-bond acceptors (Lipinski definition) is 10. The van der Waals surface area contributed by atoms with Crippen LogP contribution in [0.4, 0.5) is 5.82 Å². The van der Waals surface area contributed by atoms with Crippen LogP contribution in [0.25, 0.3) is 17.2 Å². The van der Waals surface area contributed by atoms with Gasteiger partial charge in [0.1, 0.15) is 30.2 Å². The number of amides is 1. The van der Waals surface area contributed by atoms with Crippen molar-refractivity contribution in [3.05, 3.63) is 54.1 Å². The number of nitrogens with two attached hydrogens (primary N) is 2. The number of rotatable bonds is 11. The highest BCUT2D eigenvalue weighted by atomic mass is 16.6. The van der Waals surface area contributed by atoms with Crippen LogP contribution in [0.2, 0.25) is 0 Å². The van der Waals surface area contributed by atoms with Gasteiger partial charge >= 0.3 is 0 Å². The molecule has 1 aromatic carbocycles. The van der Waals surface area contributed by atoms with Gasteiger partial charge in [0.25, 0.3) is 0 Å². The summed E-state index contributed by atoms with van der Waals surface area (Å²) in [6, 6.07) is 9.33. The number of imidazole rings is 1. The molecule has 194 valence electrons. The number of carbonyl (C=O) groups excluding carboxylic acids is 1. The molecule has 4 atom stereocenters.